The van der Waals surface area contributed by atoms with Gasteiger partial charge in [0.1, 0.15) is 17.6 Å². The van der Waals surface area contributed by atoms with Crippen LogP contribution in [0.5, 0.6) is 5.75 Å². The molecular formula is C31H36BrFN2O3. The molecule has 0 saturated carbocycles. The highest BCUT2D eigenvalue weighted by Gasteiger charge is 2.31. The number of amides is 2. The molecular weight excluding hydrogens is 547 g/mol. The Bertz CT molecular complexity index is 1220. The number of ether oxygens (including phenoxy) is 1. The van der Waals surface area contributed by atoms with Crippen LogP contribution < -0.4 is 10.1 Å². The van der Waals surface area contributed by atoms with Gasteiger partial charge < -0.3 is 15.0 Å². The Hall–Kier alpha value is -3.19. The second-order valence-corrected chi connectivity index (χ2v) is 10.9. The normalized spacial score (nSPS) is 11.9. The van der Waals surface area contributed by atoms with Crippen LogP contribution in [-0.2, 0) is 22.6 Å². The smallest absolute Gasteiger partial charge is 0.261 e. The van der Waals surface area contributed by atoms with E-state index in [9.17, 15) is 14.0 Å². The van der Waals surface area contributed by atoms with E-state index in [1.807, 2.05) is 62.4 Å². The van der Waals surface area contributed by atoms with Gasteiger partial charge in [0.05, 0.1) is 4.47 Å². The minimum Gasteiger partial charge on any atom is -0.483 e. The average Bonchev–Trinajstić information content (AvgIpc) is 2.89. The van der Waals surface area contributed by atoms with E-state index in [0.717, 1.165) is 15.6 Å². The van der Waals surface area contributed by atoms with Crippen molar-refractivity contribution in [3.8, 4) is 5.75 Å². The molecule has 7 heteroatoms. The maximum atomic E-state index is 14.7. The quantitative estimate of drug-likeness (QED) is 0.265. The van der Waals surface area contributed by atoms with Crippen molar-refractivity contribution in [2.45, 2.75) is 52.6 Å². The van der Waals surface area contributed by atoms with Crippen molar-refractivity contribution in [2.75, 3.05) is 13.2 Å². The summed E-state index contributed by atoms with van der Waals surface area (Å²) in [4.78, 5) is 28.6. The van der Waals surface area contributed by atoms with E-state index in [-0.39, 0.29) is 31.4 Å². The Morgan fingerprint density at radius 3 is 2.29 bits per heavy atom. The molecule has 0 spiro atoms. The molecule has 202 valence electrons. The molecule has 0 unspecified atom stereocenters. The third kappa shape index (κ3) is 8.42. The number of halogens is 2. The van der Waals surface area contributed by atoms with E-state index in [0.29, 0.717) is 23.8 Å². The molecule has 5 nitrogen and oxygen atoms in total. The van der Waals surface area contributed by atoms with E-state index in [1.165, 1.54) is 11.0 Å². The standard InChI is InChI=1S/C31H36BrFN2O3/c1-21(2)18-34-31(37)28(16-23-10-6-5-7-11-23)35(19-25-12-8-9-13-27(25)33)30(36)20-38-29-15-14-24(22(3)4)17-26(29)32/h5-15,17,21-22,28H,16,18-20H2,1-4H3,(H,34,37)/t28-/m0/s1. The summed E-state index contributed by atoms with van der Waals surface area (Å²) in [5.41, 5.74) is 2.37. The van der Waals surface area contributed by atoms with E-state index in [1.54, 1.807) is 18.2 Å². The zero-order chi connectivity index (χ0) is 27.7. The van der Waals surface area contributed by atoms with E-state index in [2.05, 4.69) is 35.1 Å². The largest absolute Gasteiger partial charge is 0.483 e. The number of carbonyl (C=O) groups excluding carboxylic acids is 2. The van der Waals surface area contributed by atoms with Crippen molar-refractivity contribution in [2.24, 2.45) is 5.92 Å². The molecule has 0 heterocycles. The van der Waals surface area contributed by atoms with Gasteiger partial charge in [-0.25, -0.2) is 4.39 Å². The van der Waals surface area contributed by atoms with Gasteiger partial charge in [0.25, 0.3) is 5.91 Å². The first-order valence-corrected chi connectivity index (χ1v) is 13.7. The molecule has 3 rings (SSSR count). The van der Waals surface area contributed by atoms with Crippen molar-refractivity contribution in [3.05, 3.63) is 99.8 Å². The lowest BCUT2D eigenvalue weighted by Crippen LogP contribution is -2.52. The van der Waals surface area contributed by atoms with E-state index < -0.39 is 17.8 Å². The molecule has 2 amide bonds. The Balaban J connectivity index is 1.91. The Morgan fingerprint density at radius 1 is 0.974 bits per heavy atom. The van der Waals surface area contributed by atoms with Crippen molar-refractivity contribution in [1.29, 1.82) is 0 Å². The maximum Gasteiger partial charge on any atom is 0.261 e. The van der Waals surface area contributed by atoms with Crippen LogP contribution in [0.2, 0.25) is 0 Å². The van der Waals surface area contributed by atoms with Crippen LogP contribution in [0.15, 0.2) is 77.3 Å². The Labute approximate surface area is 233 Å². The Morgan fingerprint density at radius 2 is 1.66 bits per heavy atom. The molecule has 0 aliphatic carbocycles. The van der Waals surface area contributed by atoms with Gasteiger partial charge in [-0.05, 0) is 57.1 Å². The monoisotopic (exact) mass is 582 g/mol. The summed E-state index contributed by atoms with van der Waals surface area (Å²) in [6.07, 6.45) is 0.289. The van der Waals surface area contributed by atoms with Crippen molar-refractivity contribution in [1.82, 2.24) is 10.2 Å². The highest BCUT2D eigenvalue weighted by atomic mass is 79.9. The lowest BCUT2D eigenvalue weighted by atomic mass is 10.0. The third-order valence-electron chi connectivity index (χ3n) is 6.23. The summed E-state index contributed by atoms with van der Waals surface area (Å²) in [6.45, 7) is 8.33. The molecule has 0 radical (unpaired) electrons. The first-order valence-electron chi connectivity index (χ1n) is 12.9. The predicted octanol–water partition coefficient (Wildman–Crippen LogP) is 6.50. The number of hydrogen-bond donors (Lipinski definition) is 1. The van der Waals surface area contributed by atoms with Crippen molar-refractivity contribution < 1.29 is 18.7 Å². The third-order valence-corrected chi connectivity index (χ3v) is 6.85. The topological polar surface area (TPSA) is 58.6 Å². The molecule has 3 aromatic rings. The lowest BCUT2D eigenvalue weighted by molar-refractivity contribution is -0.142. The highest BCUT2D eigenvalue weighted by molar-refractivity contribution is 9.10. The number of rotatable bonds is 12. The van der Waals surface area contributed by atoms with Crippen LogP contribution >= 0.6 is 15.9 Å². The summed E-state index contributed by atoms with van der Waals surface area (Å²) >= 11 is 3.53. The molecule has 0 aliphatic rings. The second kappa shape index (κ2) is 14.1. The van der Waals surface area contributed by atoms with Crippen LogP contribution in [0, 0.1) is 11.7 Å². The van der Waals surface area contributed by atoms with Crippen molar-refractivity contribution >= 4 is 27.7 Å². The summed E-state index contributed by atoms with van der Waals surface area (Å²) in [5, 5.41) is 2.96. The highest BCUT2D eigenvalue weighted by Crippen LogP contribution is 2.29. The van der Waals surface area contributed by atoms with Gasteiger partial charge >= 0.3 is 0 Å². The molecule has 0 bridgehead atoms. The molecule has 1 atom stereocenters. The molecule has 0 aliphatic heterocycles. The SMILES string of the molecule is CC(C)CNC(=O)[C@H](Cc1ccccc1)N(Cc1ccccc1F)C(=O)COc1ccc(C(C)C)cc1Br. The molecule has 1 N–H and O–H groups in total. The fourth-order valence-corrected chi connectivity index (χ4v) is 4.51. The molecule has 0 fully saturated rings. The minimum absolute atomic E-state index is 0.0606. The first kappa shape index (κ1) is 29.4. The lowest BCUT2D eigenvalue weighted by Gasteiger charge is -2.32. The van der Waals surface area contributed by atoms with Crippen LogP contribution in [0.25, 0.3) is 0 Å². The maximum absolute atomic E-state index is 14.7. The van der Waals surface area contributed by atoms with Crippen LogP contribution in [0.3, 0.4) is 0 Å². The molecule has 0 aromatic heterocycles. The zero-order valence-corrected chi connectivity index (χ0v) is 24.0. The fraction of sp³-hybridized carbons (Fsp3) is 0.355. The number of carbonyl (C=O) groups is 2. The average molecular weight is 584 g/mol. The van der Waals surface area contributed by atoms with Gasteiger partial charge in [-0.2, -0.15) is 0 Å². The Kier molecular flexibility index (Phi) is 10.9. The van der Waals surface area contributed by atoms with Crippen LogP contribution in [0.4, 0.5) is 4.39 Å². The molecule has 38 heavy (non-hydrogen) atoms. The molecule has 0 saturated heterocycles. The van der Waals surface area contributed by atoms with Gasteiger partial charge in [-0.15, -0.1) is 0 Å². The predicted molar refractivity (Wildman–Crippen MR) is 152 cm³/mol. The minimum atomic E-state index is -0.849. The molecule has 3 aromatic carbocycles. The van der Waals surface area contributed by atoms with Gasteiger partial charge in [0.2, 0.25) is 5.91 Å². The fourth-order valence-electron chi connectivity index (χ4n) is 4.00. The summed E-state index contributed by atoms with van der Waals surface area (Å²) in [6, 6.07) is 20.7. The van der Waals surface area contributed by atoms with Gasteiger partial charge in [0.15, 0.2) is 6.61 Å². The second-order valence-electron chi connectivity index (χ2n) is 10.1. The van der Waals surface area contributed by atoms with Gasteiger partial charge in [-0.1, -0.05) is 82.3 Å². The summed E-state index contributed by atoms with van der Waals surface area (Å²) in [5.74, 6) is -0.0111. The number of benzene rings is 3. The number of nitrogens with zero attached hydrogens (tertiary/aromatic N) is 1. The summed E-state index contributed by atoms with van der Waals surface area (Å²) in [7, 11) is 0. The van der Waals surface area contributed by atoms with Gasteiger partial charge in [0, 0.05) is 25.1 Å². The van der Waals surface area contributed by atoms with E-state index in [4.69, 9.17) is 4.74 Å². The summed E-state index contributed by atoms with van der Waals surface area (Å²) < 4.78 is 21.3. The van der Waals surface area contributed by atoms with Crippen molar-refractivity contribution in [3.63, 3.8) is 0 Å². The van der Waals surface area contributed by atoms with Gasteiger partial charge in [-0.3, -0.25) is 9.59 Å². The number of hydrogen-bond acceptors (Lipinski definition) is 3. The van der Waals surface area contributed by atoms with Crippen LogP contribution in [-0.4, -0.2) is 35.9 Å². The first-order chi connectivity index (χ1) is 18.2. The van der Waals surface area contributed by atoms with Crippen LogP contribution in [0.1, 0.15) is 50.3 Å². The zero-order valence-electron chi connectivity index (χ0n) is 22.4. The number of nitrogens with one attached hydrogen (secondary N) is 1. The van der Waals surface area contributed by atoms with E-state index >= 15 is 0 Å².